The quantitative estimate of drug-likeness (QED) is 0.857. The Morgan fingerprint density at radius 2 is 2.00 bits per heavy atom. The summed E-state index contributed by atoms with van der Waals surface area (Å²) in [6, 6.07) is 5.34. The van der Waals surface area contributed by atoms with Crippen molar-refractivity contribution in [2.24, 2.45) is 5.73 Å². The van der Waals surface area contributed by atoms with E-state index in [1.165, 1.54) is 4.90 Å². The highest BCUT2D eigenvalue weighted by Gasteiger charge is 2.27. The first-order valence-electron chi connectivity index (χ1n) is 5.39. The molecule has 0 fully saturated rings. The van der Waals surface area contributed by atoms with Crippen molar-refractivity contribution < 1.29 is 13.2 Å². The molecule has 0 aromatic heterocycles. The lowest BCUT2D eigenvalue weighted by molar-refractivity contribution is -0.132. The zero-order valence-corrected chi connectivity index (χ0v) is 11.0. The average molecular weight is 276 g/mol. The van der Waals surface area contributed by atoms with Gasteiger partial charge in [-0.3, -0.25) is 0 Å². The molecule has 0 unspecified atom stereocenters. The fourth-order valence-corrected chi connectivity index (χ4v) is 1.75. The predicted molar refractivity (Wildman–Crippen MR) is 71.0 cm³/mol. The first-order chi connectivity index (χ1) is 8.20. The lowest BCUT2D eigenvalue weighted by atomic mass is 10.1. The van der Waals surface area contributed by atoms with Crippen LogP contribution in [0.1, 0.15) is 17.5 Å². The van der Waals surface area contributed by atoms with E-state index >= 15 is 0 Å². The number of rotatable bonds is 4. The van der Waals surface area contributed by atoms with E-state index in [4.69, 9.17) is 18.0 Å². The molecule has 0 amide bonds. The van der Waals surface area contributed by atoms with E-state index in [1.54, 1.807) is 19.2 Å². The Morgan fingerprint density at radius 3 is 2.50 bits per heavy atom. The molecule has 0 radical (unpaired) electrons. The van der Waals surface area contributed by atoms with Gasteiger partial charge in [0.15, 0.2) is 0 Å². The first-order valence-corrected chi connectivity index (χ1v) is 5.80. The van der Waals surface area contributed by atoms with Crippen LogP contribution in [-0.2, 0) is 0 Å². The van der Waals surface area contributed by atoms with Gasteiger partial charge < -0.3 is 10.6 Å². The summed E-state index contributed by atoms with van der Waals surface area (Å²) < 4.78 is 36.6. The van der Waals surface area contributed by atoms with E-state index in [0.29, 0.717) is 11.3 Å². The number of hydrogen-bond donors (Lipinski definition) is 1. The maximum atomic E-state index is 12.2. The summed E-state index contributed by atoms with van der Waals surface area (Å²) in [5.74, 6) is 0. The fraction of sp³-hybridized carbons (Fsp3) is 0.417. The minimum Gasteiger partial charge on any atom is -0.389 e. The molecule has 18 heavy (non-hydrogen) atoms. The van der Waals surface area contributed by atoms with Crippen LogP contribution in [0.5, 0.6) is 0 Å². The Morgan fingerprint density at radius 1 is 1.39 bits per heavy atom. The van der Waals surface area contributed by atoms with Crippen molar-refractivity contribution in [3.05, 3.63) is 29.3 Å². The summed E-state index contributed by atoms with van der Waals surface area (Å²) in [5, 5.41) is 0. The van der Waals surface area contributed by atoms with Gasteiger partial charge in [0.05, 0.1) is 6.42 Å². The molecule has 0 atom stereocenters. The molecule has 0 spiro atoms. The van der Waals surface area contributed by atoms with Gasteiger partial charge in [0.2, 0.25) is 0 Å². The summed E-state index contributed by atoms with van der Waals surface area (Å²) >= 11 is 4.90. The molecule has 0 bridgehead atoms. The van der Waals surface area contributed by atoms with Gasteiger partial charge in [-0.15, -0.1) is 0 Å². The van der Waals surface area contributed by atoms with Gasteiger partial charge in [-0.2, -0.15) is 13.2 Å². The highest BCUT2D eigenvalue weighted by Crippen LogP contribution is 2.25. The van der Waals surface area contributed by atoms with Crippen molar-refractivity contribution in [2.75, 3.05) is 18.5 Å². The summed E-state index contributed by atoms with van der Waals surface area (Å²) in [6.45, 7) is 1.74. The molecule has 2 N–H and O–H groups in total. The number of aryl methyl sites for hydroxylation is 1. The van der Waals surface area contributed by atoms with Gasteiger partial charge in [-0.1, -0.05) is 18.3 Å². The maximum absolute atomic E-state index is 12.2. The summed E-state index contributed by atoms with van der Waals surface area (Å²) in [5.41, 5.74) is 7.74. The third kappa shape index (κ3) is 4.18. The summed E-state index contributed by atoms with van der Waals surface area (Å²) in [4.78, 5) is 1.71. The number of nitrogens with zero attached hydrogens (tertiary/aromatic N) is 1. The normalized spacial score (nSPS) is 11.4. The molecule has 0 saturated carbocycles. The van der Waals surface area contributed by atoms with Crippen LogP contribution in [0.2, 0.25) is 0 Å². The number of anilines is 1. The minimum atomic E-state index is -4.17. The average Bonchev–Trinajstić information content (AvgIpc) is 2.24. The topological polar surface area (TPSA) is 29.3 Å². The van der Waals surface area contributed by atoms with Crippen molar-refractivity contribution in [1.29, 1.82) is 0 Å². The SMILES string of the molecule is Cc1ccc(C(N)=S)c(N(C)CCC(F)(F)F)c1. The van der Waals surface area contributed by atoms with E-state index in [1.807, 2.05) is 13.0 Å². The van der Waals surface area contributed by atoms with Crippen molar-refractivity contribution in [1.82, 2.24) is 0 Å². The smallest absolute Gasteiger partial charge is 0.389 e. The summed E-state index contributed by atoms with van der Waals surface area (Å²) in [6.07, 6.45) is -5.03. The molecule has 100 valence electrons. The van der Waals surface area contributed by atoms with Crippen molar-refractivity contribution in [3.8, 4) is 0 Å². The van der Waals surface area contributed by atoms with Crippen molar-refractivity contribution in [3.63, 3.8) is 0 Å². The highest BCUT2D eigenvalue weighted by molar-refractivity contribution is 7.80. The van der Waals surface area contributed by atoms with Crippen molar-refractivity contribution in [2.45, 2.75) is 19.5 Å². The number of hydrogen-bond acceptors (Lipinski definition) is 2. The monoisotopic (exact) mass is 276 g/mol. The van der Waals surface area contributed by atoms with Crippen LogP contribution in [0.15, 0.2) is 18.2 Å². The van der Waals surface area contributed by atoms with Crippen LogP contribution in [0.4, 0.5) is 18.9 Å². The van der Waals surface area contributed by atoms with Gasteiger partial charge in [0.1, 0.15) is 4.99 Å². The van der Waals surface area contributed by atoms with Gasteiger partial charge in [0, 0.05) is 24.8 Å². The second-order valence-corrected chi connectivity index (χ2v) is 4.61. The van der Waals surface area contributed by atoms with E-state index < -0.39 is 12.6 Å². The van der Waals surface area contributed by atoms with Gasteiger partial charge in [-0.25, -0.2) is 0 Å². The zero-order chi connectivity index (χ0) is 13.9. The third-order valence-electron chi connectivity index (χ3n) is 2.56. The van der Waals surface area contributed by atoms with Crippen LogP contribution in [-0.4, -0.2) is 24.8 Å². The Balaban J connectivity index is 2.93. The third-order valence-corrected chi connectivity index (χ3v) is 2.78. The second-order valence-electron chi connectivity index (χ2n) is 4.17. The Kier molecular flexibility index (Phi) is 4.56. The predicted octanol–water partition coefficient (Wildman–Crippen LogP) is 3.02. The van der Waals surface area contributed by atoms with Crippen LogP contribution in [0.25, 0.3) is 0 Å². The van der Waals surface area contributed by atoms with Crippen molar-refractivity contribution >= 4 is 22.9 Å². The van der Waals surface area contributed by atoms with E-state index in [-0.39, 0.29) is 11.5 Å². The molecule has 2 nitrogen and oxygen atoms in total. The summed E-state index contributed by atoms with van der Waals surface area (Å²) in [7, 11) is 1.60. The lowest BCUT2D eigenvalue weighted by Gasteiger charge is -2.23. The number of nitrogens with two attached hydrogens (primary N) is 1. The lowest BCUT2D eigenvalue weighted by Crippen LogP contribution is -2.26. The molecule has 6 heteroatoms. The number of halogens is 3. The minimum absolute atomic E-state index is 0.122. The van der Waals surface area contributed by atoms with E-state index in [0.717, 1.165) is 5.56 Å². The van der Waals surface area contributed by atoms with E-state index in [2.05, 4.69) is 0 Å². The van der Waals surface area contributed by atoms with Crippen LogP contribution in [0.3, 0.4) is 0 Å². The molecule has 0 aliphatic carbocycles. The highest BCUT2D eigenvalue weighted by atomic mass is 32.1. The number of thiocarbonyl (C=S) groups is 1. The Bertz CT molecular complexity index is 443. The Labute approximate surface area is 110 Å². The van der Waals surface area contributed by atoms with Crippen LogP contribution in [0, 0.1) is 6.92 Å². The zero-order valence-electron chi connectivity index (χ0n) is 10.2. The second kappa shape index (κ2) is 5.56. The molecule has 0 aliphatic heterocycles. The molecule has 1 rings (SSSR count). The molecule has 0 aliphatic rings. The Hall–Kier alpha value is -1.30. The fourth-order valence-electron chi connectivity index (χ4n) is 1.58. The molecular weight excluding hydrogens is 261 g/mol. The van der Waals surface area contributed by atoms with Gasteiger partial charge in [0.25, 0.3) is 0 Å². The molecule has 1 aromatic carbocycles. The largest absolute Gasteiger partial charge is 0.390 e. The molecule has 0 heterocycles. The van der Waals surface area contributed by atoms with Crippen LogP contribution >= 0.6 is 12.2 Å². The molecule has 1 aromatic rings. The maximum Gasteiger partial charge on any atom is 0.390 e. The molecular formula is C12H15F3N2S. The standard InChI is InChI=1S/C12H15F3N2S/c1-8-3-4-9(11(16)18)10(7-8)17(2)6-5-12(13,14)15/h3-4,7H,5-6H2,1-2H3,(H2,16,18). The molecule has 0 saturated heterocycles. The first kappa shape index (κ1) is 14.8. The van der Waals surface area contributed by atoms with Crippen LogP contribution < -0.4 is 10.6 Å². The van der Waals surface area contributed by atoms with E-state index in [9.17, 15) is 13.2 Å². The van der Waals surface area contributed by atoms with Gasteiger partial charge in [-0.05, 0) is 24.6 Å². The number of alkyl halides is 3. The number of benzene rings is 1. The van der Waals surface area contributed by atoms with Gasteiger partial charge >= 0.3 is 6.18 Å².